The third-order valence-electron chi connectivity index (χ3n) is 4.56. The Labute approximate surface area is 182 Å². The van der Waals surface area contributed by atoms with E-state index in [0.717, 1.165) is 61.9 Å². The van der Waals surface area contributed by atoms with Gasteiger partial charge in [-0.2, -0.15) is 0 Å². The van der Waals surface area contributed by atoms with Crippen molar-refractivity contribution in [2.75, 3.05) is 39.9 Å². The van der Waals surface area contributed by atoms with Gasteiger partial charge in [-0.25, -0.2) is 4.39 Å². The van der Waals surface area contributed by atoms with Gasteiger partial charge in [0.05, 0.1) is 0 Å². The van der Waals surface area contributed by atoms with Crippen LogP contribution in [0.2, 0.25) is 0 Å². The Kier molecular flexibility index (Phi) is 11.7. The second-order valence-corrected chi connectivity index (χ2v) is 7.40. The van der Waals surface area contributed by atoms with Crippen molar-refractivity contribution in [3.63, 3.8) is 0 Å². The average Bonchev–Trinajstić information content (AvgIpc) is 2.62. The fourth-order valence-electron chi connectivity index (χ4n) is 3.00. The van der Waals surface area contributed by atoms with Crippen LogP contribution in [0.25, 0.3) is 0 Å². The molecule has 1 N–H and O–H groups in total. The fourth-order valence-corrected chi connectivity index (χ4v) is 3.41. The average molecular weight is 542 g/mol. The Morgan fingerprint density at radius 2 is 2.12 bits per heavy atom. The molecule has 0 radical (unpaired) electrons. The summed E-state index contributed by atoms with van der Waals surface area (Å²) >= 11 is 3.39. The molecule has 1 aliphatic rings. The van der Waals surface area contributed by atoms with Crippen LogP contribution < -0.4 is 5.32 Å². The largest absolute Gasteiger partial charge is 0.381 e. The molecule has 26 heavy (non-hydrogen) atoms. The molecule has 0 aliphatic carbocycles. The number of aliphatic imine (C=N–C) groups is 1. The van der Waals surface area contributed by atoms with E-state index in [1.807, 2.05) is 6.07 Å². The van der Waals surface area contributed by atoms with Crippen molar-refractivity contribution in [1.29, 1.82) is 0 Å². The minimum Gasteiger partial charge on any atom is -0.381 e. The molecule has 0 bridgehead atoms. The number of ether oxygens (including phenoxy) is 1. The van der Waals surface area contributed by atoms with Crippen LogP contribution in [0.3, 0.4) is 0 Å². The minimum absolute atomic E-state index is 0. The molecule has 1 fully saturated rings. The lowest BCUT2D eigenvalue weighted by Gasteiger charge is -2.26. The summed E-state index contributed by atoms with van der Waals surface area (Å²) < 4.78 is 20.1. The van der Waals surface area contributed by atoms with Crippen molar-refractivity contribution in [2.45, 2.75) is 32.6 Å². The highest BCUT2D eigenvalue weighted by Crippen LogP contribution is 2.18. The number of guanidine groups is 1. The summed E-state index contributed by atoms with van der Waals surface area (Å²) in [5, 5.41) is 3.33. The second-order valence-electron chi connectivity index (χ2n) is 6.49. The molecule has 0 saturated carbocycles. The van der Waals surface area contributed by atoms with Crippen molar-refractivity contribution in [1.82, 2.24) is 10.2 Å². The van der Waals surface area contributed by atoms with Crippen LogP contribution in [-0.4, -0.2) is 50.8 Å². The van der Waals surface area contributed by atoms with Gasteiger partial charge < -0.3 is 15.0 Å². The van der Waals surface area contributed by atoms with Gasteiger partial charge >= 0.3 is 0 Å². The summed E-state index contributed by atoms with van der Waals surface area (Å²) in [5.41, 5.74) is 0.693. The van der Waals surface area contributed by atoms with E-state index in [-0.39, 0.29) is 29.8 Å². The van der Waals surface area contributed by atoms with Gasteiger partial charge in [0.2, 0.25) is 0 Å². The number of benzene rings is 1. The van der Waals surface area contributed by atoms with Crippen LogP contribution in [-0.2, 0) is 11.2 Å². The normalized spacial score (nSPS) is 15.5. The van der Waals surface area contributed by atoms with E-state index in [4.69, 9.17) is 4.74 Å². The minimum atomic E-state index is -0.170. The molecular formula is C19H30BrFIN3O. The third kappa shape index (κ3) is 8.08. The van der Waals surface area contributed by atoms with Gasteiger partial charge in [0.1, 0.15) is 5.82 Å². The predicted molar refractivity (Wildman–Crippen MR) is 120 cm³/mol. The van der Waals surface area contributed by atoms with E-state index in [0.29, 0.717) is 18.5 Å². The monoisotopic (exact) mass is 541 g/mol. The third-order valence-corrected chi connectivity index (χ3v) is 5.05. The molecule has 0 atom stereocenters. The SMILES string of the molecule is CCNC(=NCCc1cc(Br)ccc1F)N(C)CCC1CCOCC1.I. The van der Waals surface area contributed by atoms with Crippen LogP contribution in [0.5, 0.6) is 0 Å². The second kappa shape index (κ2) is 12.9. The summed E-state index contributed by atoms with van der Waals surface area (Å²) in [7, 11) is 2.07. The molecule has 0 spiro atoms. The quantitative estimate of drug-likeness (QED) is 0.314. The topological polar surface area (TPSA) is 36.9 Å². The highest BCUT2D eigenvalue weighted by Gasteiger charge is 2.15. The van der Waals surface area contributed by atoms with Gasteiger partial charge in [-0.3, -0.25) is 4.99 Å². The number of halogens is 3. The lowest BCUT2D eigenvalue weighted by atomic mass is 9.96. The standard InChI is InChI=1S/C19H29BrFN3O.HI/c1-3-22-19(24(2)11-7-15-8-12-25-13-9-15)23-10-6-16-14-17(20)4-5-18(16)21;/h4-5,14-15H,3,6-13H2,1-2H3,(H,22,23);1H. The Morgan fingerprint density at radius 1 is 1.38 bits per heavy atom. The zero-order valence-corrected chi connectivity index (χ0v) is 19.6. The molecule has 148 valence electrons. The fraction of sp³-hybridized carbons (Fsp3) is 0.632. The van der Waals surface area contributed by atoms with Crippen molar-refractivity contribution < 1.29 is 9.13 Å². The molecule has 4 nitrogen and oxygen atoms in total. The molecule has 1 saturated heterocycles. The van der Waals surface area contributed by atoms with Crippen molar-refractivity contribution in [2.24, 2.45) is 10.9 Å². The van der Waals surface area contributed by atoms with E-state index in [1.54, 1.807) is 6.07 Å². The van der Waals surface area contributed by atoms with Gasteiger partial charge in [-0.1, -0.05) is 15.9 Å². The van der Waals surface area contributed by atoms with Crippen molar-refractivity contribution >= 4 is 45.9 Å². The molecular weight excluding hydrogens is 512 g/mol. The molecule has 1 aromatic carbocycles. The van der Waals surface area contributed by atoms with E-state index >= 15 is 0 Å². The predicted octanol–water partition coefficient (Wildman–Crippen LogP) is 4.46. The molecule has 2 rings (SSSR count). The summed E-state index contributed by atoms with van der Waals surface area (Å²) in [6.45, 7) is 6.21. The maximum Gasteiger partial charge on any atom is 0.193 e. The number of hydrogen-bond donors (Lipinski definition) is 1. The van der Waals surface area contributed by atoms with Gasteiger partial charge in [-0.05, 0) is 62.3 Å². The Balaban J connectivity index is 0.00000338. The van der Waals surface area contributed by atoms with E-state index in [2.05, 4.69) is 45.1 Å². The number of nitrogens with one attached hydrogen (secondary N) is 1. The van der Waals surface area contributed by atoms with Crippen LogP contribution in [0.4, 0.5) is 4.39 Å². The van der Waals surface area contributed by atoms with Gasteiger partial charge in [-0.15, -0.1) is 24.0 Å². The maximum atomic E-state index is 13.8. The van der Waals surface area contributed by atoms with Crippen LogP contribution in [0.15, 0.2) is 27.7 Å². The summed E-state index contributed by atoms with van der Waals surface area (Å²) in [5.74, 6) is 1.47. The number of rotatable bonds is 7. The molecule has 0 aromatic heterocycles. The Bertz CT molecular complexity index is 568. The van der Waals surface area contributed by atoms with E-state index in [1.165, 1.54) is 6.07 Å². The van der Waals surface area contributed by atoms with Gasteiger partial charge in [0.25, 0.3) is 0 Å². The van der Waals surface area contributed by atoms with Crippen LogP contribution in [0, 0.1) is 11.7 Å². The van der Waals surface area contributed by atoms with Crippen molar-refractivity contribution in [3.8, 4) is 0 Å². The lowest BCUT2D eigenvalue weighted by Crippen LogP contribution is -2.40. The first-order chi connectivity index (χ1) is 12.1. The maximum absolute atomic E-state index is 13.8. The first-order valence-corrected chi connectivity index (χ1v) is 9.90. The number of hydrogen-bond acceptors (Lipinski definition) is 2. The molecule has 1 aliphatic heterocycles. The van der Waals surface area contributed by atoms with Crippen LogP contribution in [0.1, 0.15) is 31.7 Å². The van der Waals surface area contributed by atoms with Gasteiger partial charge in [0, 0.05) is 44.4 Å². The first-order valence-electron chi connectivity index (χ1n) is 9.11. The Morgan fingerprint density at radius 3 is 2.81 bits per heavy atom. The smallest absolute Gasteiger partial charge is 0.193 e. The Hall–Kier alpha value is -0.410. The number of nitrogens with zero attached hydrogens (tertiary/aromatic N) is 2. The summed E-state index contributed by atoms with van der Waals surface area (Å²) in [6, 6.07) is 5.04. The molecule has 7 heteroatoms. The highest BCUT2D eigenvalue weighted by molar-refractivity contribution is 14.0. The van der Waals surface area contributed by atoms with Crippen molar-refractivity contribution in [3.05, 3.63) is 34.1 Å². The first kappa shape index (κ1) is 23.6. The van der Waals surface area contributed by atoms with Gasteiger partial charge in [0.15, 0.2) is 5.96 Å². The zero-order chi connectivity index (χ0) is 18.1. The van der Waals surface area contributed by atoms with E-state index < -0.39 is 0 Å². The lowest BCUT2D eigenvalue weighted by molar-refractivity contribution is 0.0625. The summed E-state index contributed by atoms with van der Waals surface area (Å²) in [6.07, 6.45) is 4.06. The zero-order valence-electron chi connectivity index (χ0n) is 15.6. The van der Waals surface area contributed by atoms with Crippen LogP contribution >= 0.6 is 39.9 Å². The van der Waals surface area contributed by atoms with E-state index in [9.17, 15) is 4.39 Å². The molecule has 1 heterocycles. The molecule has 0 unspecified atom stereocenters. The molecule has 1 aromatic rings. The summed E-state index contributed by atoms with van der Waals surface area (Å²) in [4.78, 5) is 6.84. The highest BCUT2D eigenvalue weighted by atomic mass is 127. The molecule has 0 amide bonds.